The van der Waals surface area contributed by atoms with Gasteiger partial charge in [0.1, 0.15) is 18.1 Å². The quantitative estimate of drug-likeness (QED) is 0.322. The Morgan fingerprint density at radius 2 is 1.90 bits per heavy atom. The van der Waals surface area contributed by atoms with E-state index in [0.717, 1.165) is 63.1 Å². The number of aliphatic hydroxyl groups is 1. The third-order valence-corrected chi connectivity index (χ3v) is 10.5. The van der Waals surface area contributed by atoms with Crippen molar-refractivity contribution in [2.45, 2.75) is 76.7 Å². The van der Waals surface area contributed by atoms with Gasteiger partial charge in [-0.3, -0.25) is 4.79 Å². The van der Waals surface area contributed by atoms with Crippen LogP contribution >= 0.6 is 11.6 Å². The molecular weight excluding hydrogens is 514 g/mol. The van der Waals surface area contributed by atoms with Gasteiger partial charge in [-0.15, -0.1) is 0 Å². The molecule has 0 aliphatic heterocycles. The van der Waals surface area contributed by atoms with E-state index in [2.05, 4.69) is 49.1 Å². The van der Waals surface area contributed by atoms with Crippen molar-refractivity contribution in [3.63, 3.8) is 0 Å². The fraction of sp³-hybridized carbons (Fsp3) is 0.594. The largest absolute Gasteiger partial charge is 0.506 e. The summed E-state index contributed by atoms with van der Waals surface area (Å²) in [4.78, 5) is 13.0. The highest BCUT2D eigenvalue weighted by molar-refractivity contribution is 6.32. The number of aromatic hydroxyl groups is 1. The van der Waals surface area contributed by atoms with Crippen LogP contribution in [0.3, 0.4) is 0 Å². The molecular formula is C32H42ClNO5. The van der Waals surface area contributed by atoms with Gasteiger partial charge in [-0.2, -0.15) is 0 Å². The van der Waals surface area contributed by atoms with E-state index in [0.29, 0.717) is 35.8 Å². The fourth-order valence-electron chi connectivity index (χ4n) is 8.02. The molecule has 2 fully saturated rings. The number of hydrogen-bond donors (Lipinski definition) is 3. The summed E-state index contributed by atoms with van der Waals surface area (Å²) < 4.78 is 6.06. The molecule has 7 heteroatoms. The van der Waals surface area contributed by atoms with Crippen molar-refractivity contribution in [1.29, 1.82) is 0 Å². The van der Waals surface area contributed by atoms with Crippen LogP contribution in [-0.4, -0.2) is 58.5 Å². The van der Waals surface area contributed by atoms with E-state index in [9.17, 15) is 15.0 Å². The molecule has 3 unspecified atom stereocenters. The van der Waals surface area contributed by atoms with Gasteiger partial charge in [-0.05, 0) is 116 Å². The maximum absolute atomic E-state index is 11.1. The summed E-state index contributed by atoms with van der Waals surface area (Å²) >= 11 is 6.61. The van der Waals surface area contributed by atoms with Gasteiger partial charge in [0.25, 0.3) is 0 Å². The maximum atomic E-state index is 11.1. The first kappa shape index (κ1) is 28.3. The Kier molecular flexibility index (Phi) is 8.46. The molecule has 3 N–H and O–H groups in total. The van der Waals surface area contributed by atoms with Gasteiger partial charge >= 0.3 is 5.97 Å². The van der Waals surface area contributed by atoms with Crippen molar-refractivity contribution in [3.8, 4) is 11.5 Å². The summed E-state index contributed by atoms with van der Waals surface area (Å²) in [5.74, 6) is 1.78. The SMILES string of the molecule is CCN(CCCC(=O)O)CCOc1ccc([C@H]2C[C@@]3(C)C(CC[C@@H]3O)C3CCc4c(ccc(O)c4Cl)C32)cc1. The Morgan fingerprint density at radius 1 is 1.13 bits per heavy atom. The standard InChI is InChI=1S/C32H42ClNO5/c1-3-34(16-4-5-29(37)38)17-18-39-21-8-6-20(7-9-21)25-19-32(2)26(13-15-28(32)36)24-11-10-23-22(30(24)25)12-14-27(35)31(23)33/h6-9,12,14,24-26,28,30,35-36H,3-5,10-11,13,15-19H2,1-2H3,(H,37,38)/t24?,25-,26?,28+,30?,32+/m1/s1. The minimum absolute atomic E-state index is 0.0938. The van der Waals surface area contributed by atoms with Crippen LogP contribution in [0.5, 0.6) is 11.5 Å². The van der Waals surface area contributed by atoms with Crippen molar-refractivity contribution in [2.75, 3.05) is 26.2 Å². The number of aliphatic hydroxyl groups excluding tert-OH is 1. The molecule has 0 bridgehead atoms. The Morgan fingerprint density at radius 3 is 2.62 bits per heavy atom. The molecule has 2 aromatic rings. The van der Waals surface area contributed by atoms with Gasteiger partial charge in [0.05, 0.1) is 11.1 Å². The smallest absolute Gasteiger partial charge is 0.303 e. The first-order valence-electron chi connectivity index (χ1n) is 14.6. The lowest BCUT2D eigenvalue weighted by Gasteiger charge is -2.54. The highest BCUT2D eigenvalue weighted by atomic mass is 35.5. The number of phenolic OH excluding ortho intramolecular Hbond substituents is 1. The number of hydrogen-bond acceptors (Lipinski definition) is 5. The lowest BCUT2D eigenvalue weighted by molar-refractivity contribution is -0.137. The molecule has 2 saturated carbocycles. The first-order valence-corrected chi connectivity index (χ1v) is 15.0. The number of fused-ring (bicyclic) bond motifs is 5. The predicted molar refractivity (Wildman–Crippen MR) is 153 cm³/mol. The van der Waals surface area contributed by atoms with Gasteiger partial charge in [0.15, 0.2) is 0 Å². The highest BCUT2D eigenvalue weighted by Crippen LogP contribution is 2.65. The zero-order chi connectivity index (χ0) is 27.7. The molecule has 0 aromatic heterocycles. The number of ether oxygens (including phenoxy) is 1. The average molecular weight is 556 g/mol. The molecule has 39 heavy (non-hydrogen) atoms. The summed E-state index contributed by atoms with van der Waals surface area (Å²) in [6.45, 7) is 7.30. The van der Waals surface area contributed by atoms with Gasteiger partial charge in [-0.1, -0.05) is 43.6 Å². The van der Waals surface area contributed by atoms with E-state index in [1.165, 1.54) is 11.1 Å². The van der Waals surface area contributed by atoms with Crippen LogP contribution in [0, 0.1) is 17.3 Å². The second kappa shape index (κ2) is 11.7. The number of halogens is 1. The number of benzene rings is 2. The summed E-state index contributed by atoms with van der Waals surface area (Å²) in [5.41, 5.74) is 3.53. The molecule has 3 aliphatic rings. The van der Waals surface area contributed by atoms with Crippen molar-refractivity contribution in [1.82, 2.24) is 4.90 Å². The topological polar surface area (TPSA) is 90.2 Å². The molecule has 0 radical (unpaired) electrons. The normalized spacial score (nSPS) is 29.5. The van der Waals surface area contributed by atoms with Crippen molar-refractivity contribution in [2.24, 2.45) is 17.3 Å². The number of rotatable bonds is 10. The monoisotopic (exact) mass is 555 g/mol. The molecule has 2 aromatic carbocycles. The zero-order valence-electron chi connectivity index (χ0n) is 23.1. The number of carboxylic acid groups (broad SMARTS) is 1. The number of likely N-dealkylation sites (N-methyl/N-ethyl adjacent to an activating group) is 1. The van der Waals surface area contributed by atoms with E-state index >= 15 is 0 Å². The number of carbonyl (C=O) groups is 1. The number of phenols is 1. The summed E-state index contributed by atoms with van der Waals surface area (Å²) in [6, 6.07) is 12.3. The van der Waals surface area contributed by atoms with Gasteiger partial charge in [-0.25, -0.2) is 0 Å². The van der Waals surface area contributed by atoms with E-state index in [4.69, 9.17) is 21.4 Å². The van der Waals surface area contributed by atoms with E-state index < -0.39 is 5.97 Å². The number of aliphatic carboxylic acids is 1. The van der Waals surface area contributed by atoms with Crippen LogP contribution < -0.4 is 4.74 Å². The Bertz CT molecular complexity index is 1170. The minimum Gasteiger partial charge on any atom is -0.506 e. The molecule has 6 atom stereocenters. The molecule has 0 spiro atoms. The highest BCUT2D eigenvalue weighted by Gasteiger charge is 2.57. The fourth-order valence-corrected chi connectivity index (χ4v) is 8.29. The average Bonchev–Trinajstić information content (AvgIpc) is 3.23. The van der Waals surface area contributed by atoms with Crippen LogP contribution in [-0.2, 0) is 11.2 Å². The van der Waals surface area contributed by atoms with Gasteiger partial charge < -0.3 is 25.0 Å². The number of carboxylic acids is 1. The minimum atomic E-state index is -0.753. The van der Waals surface area contributed by atoms with Crippen LogP contribution in [0.4, 0.5) is 0 Å². The number of nitrogens with zero attached hydrogens (tertiary/aromatic N) is 1. The van der Waals surface area contributed by atoms with Crippen molar-refractivity contribution in [3.05, 3.63) is 58.1 Å². The lowest BCUT2D eigenvalue weighted by atomic mass is 9.51. The van der Waals surface area contributed by atoms with Crippen LogP contribution in [0.25, 0.3) is 0 Å². The summed E-state index contributed by atoms with van der Waals surface area (Å²) in [5, 5.41) is 30.8. The Labute approximate surface area is 236 Å². The second-order valence-electron chi connectivity index (χ2n) is 12.1. The van der Waals surface area contributed by atoms with Gasteiger partial charge in [0.2, 0.25) is 0 Å². The van der Waals surface area contributed by atoms with Crippen molar-refractivity contribution < 1.29 is 24.9 Å². The summed E-state index contributed by atoms with van der Waals surface area (Å²) in [7, 11) is 0. The molecule has 3 aliphatic carbocycles. The third kappa shape index (κ3) is 5.53. The first-order chi connectivity index (χ1) is 18.7. The third-order valence-electron chi connectivity index (χ3n) is 10.1. The molecule has 0 amide bonds. The van der Waals surface area contributed by atoms with E-state index in [1.54, 1.807) is 6.07 Å². The molecule has 0 saturated heterocycles. The molecule has 6 nitrogen and oxygen atoms in total. The van der Waals surface area contributed by atoms with Gasteiger partial charge in [0, 0.05) is 13.0 Å². The van der Waals surface area contributed by atoms with Crippen LogP contribution in [0.1, 0.15) is 80.9 Å². The lowest BCUT2D eigenvalue weighted by Crippen LogP contribution is -2.47. The summed E-state index contributed by atoms with van der Waals surface area (Å²) in [6.07, 6.45) is 5.35. The van der Waals surface area contributed by atoms with Crippen LogP contribution in [0.15, 0.2) is 36.4 Å². The van der Waals surface area contributed by atoms with E-state index in [-0.39, 0.29) is 29.6 Å². The zero-order valence-corrected chi connectivity index (χ0v) is 23.9. The van der Waals surface area contributed by atoms with Crippen LogP contribution in [0.2, 0.25) is 5.02 Å². The molecule has 212 valence electrons. The maximum Gasteiger partial charge on any atom is 0.303 e. The van der Waals surface area contributed by atoms with E-state index in [1.807, 2.05) is 0 Å². The predicted octanol–water partition coefficient (Wildman–Crippen LogP) is 6.22. The second-order valence-corrected chi connectivity index (χ2v) is 12.4. The molecule has 0 heterocycles. The Hall–Kier alpha value is -2.28. The molecule has 5 rings (SSSR count). The van der Waals surface area contributed by atoms with Crippen molar-refractivity contribution >= 4 is 17.6 Å². The Balaban J connectivity index is 1.33.